The fraction of sp³-hybridized carbons (Fsp3) is 0.500. The Labute approximate surface area is 131 Å². The predicted octanol–water partition coefficient (Wildman–Crippen LogP) is 3.12. The Morgan fingerprint density at radius 3 is 2.68 bits per heavy atom. The first kappa shape index (κ1) is 14.9. The highest BCUT2D eigenvalue weighted by molar-refractivity contribution is 6.01. The Bertz CT molecular complexity index is 586. The number of methoxy groups -OCH3 is 1. The second-order valence-electron chi connectivity index (χ2n) is 5.91. The molecule has 0 amide bonds. The van der Waals surface area contributed by atoms with Gasteiger partial charge in [0.2, 0.25) is 0 Å². The smallest absolute Gasteiger partial charge is 0.182 e. The summed E-state index contributed by atoms with van der Waals surface area (Å²) in [6.45, 7) is 4.74. The third kappa shape index (κ3) is 2.82. The zero-order chi connectivity index (χ0) is 15.5. The average molecular weight is 301 g/mol. The van der Waals surface area contributed by atoms with E-state index in [0.29, 0.717) is 18.1 Å². The van der Waals surface area contributed by atoms with Gasteiger partial charge < -0.3 is 14.4 Å². The number of rotatable bonds is 5. The van der Waals surface area contributed by atoms with E-state index in [9.17, 15) is 4.79 Å². The lowest BCUT2D eigenvalue weighted by Crippen LogP contribution is -2.45. The Morgan fingerprint density at radius 1 is 1.27 bits per heavy atom. The molecule has 0 N–H and O–H groups in total. The van der Waals surface area contributed by atoms with Crippen molar-refractivity contribution in [3.63, 3.8) is 0 Å². The molecule has 1 aromatic carbocycles. The maximum atomic E-state index is 12.4. The van der Waals surface area contributed by atoms with E-state index in [0.717, 1.165) is 49.4 Å². The zero-order valence-corrected chi connectivity index (χ0v) is 13.3. The van der Waals surface area contributed by atoms with Crippen LogP contribution in [-0.4, -0.2) is 37.5 Å². The van der Waals surface area contributed by atoms with Crippen LogP contribution in [0, 0.1) is 5.92 Å². The molecule has 3 aliphatic heterocycles. The minimum Gasteiger partial charge on any atom is -0.493 e. The molecule has 0 spiro atoms. The number of fused-ring (bicyclic) bond motifs is 3. The first-order chi connectivity index (χ1) is 10.7. The second kappa shape index (κ2) is 6.42. The molecule has 0 unspecified atom stereocenters. The van der Waals surface area contributed by atoms with Crippen LogP contribution in [0.1, 0.15) is 31.7 Å². The van der Waals surface area contributed by atoms with Crippen LogP contribution in [0.25, 0.3) is 6.08 Å². The van der Waals surface area contributed by atoms with Crippen molar-refractivity contribution >= 4 is 11.9 Å². The molecule has 3 saturated heterocycles. The van der Waals surface area contributed by atoms with Crippen LogP contribution in [0.4, 0.5) is 0 Å². The molecule has 0 atom stereocenters. The highest BCUT2D eigenvalue weighted by Gasteiger charge is 2.36. The molecule has 0 aliphatic carbocycles. The van der Waals surface area contributed by atoms with Gasteiger partial charge in [0.05, 0.1) is 19.4 Å². The first-order valence-electron chi connectivity index (χ1n) is 8.04. The Balaban J connectivity index is 1.86. The lowest BCUT2D eigenvalue weighted by Gasteiger charge is -2.41. The van der Waals surface area contributed by atoms with Crippen molar-refractivity contribution in [1.29, 1.82) is 0 Å². The molecular formula is C18H23NO3. The van der Waals surface area contributed by atoms with Crippen LogP contribution in [0.5, 0.6) is 11.5 Å². The van der Waals surface area contributed by atoms with Crippen molar-refractivity contribution in [1.82, 2.24) is 4.90 Å². The number of nitrogens with zero attached hydrogens (tertiary/aromatic N) is 1. The number of piperidine rings is 3. The standard InChI is InChI=1S/C18H23NO3/c1-3-10-22-16-5-4-13(12-17(16)21-2)11-15-18(20)14-6-8-19(15)9-7-14/h4-5,11-12,14H,3,6-10H2,1-2H3/b15-11-. The predicted molar refractivity (Wildman–Crippen MR) is 86.1 cm³/mol. The van der Waals surface area contributed by atoms with E-state index < -0.39 is 0 Å². The minimum atomic E-state index is 0.227. The maximum Gasteiger partial charge on any atom is 0.182 e. The molecule has 3 fully saturated rings. The molecule has 0 radical (unpaired) electrons. The van der Waals surface area contributed by atoms with Crippen LogP contribution in [0.15, 0.2) is 23.9 Å². The first-order valence-corrected chi connectivity index (χ1v) is 8.04. The van der Waals surface area contributed by atoms with Crippen molar-refractivity contribution in [2.45, 2.75) is 26.2 Å². The van der Waals surface area contributed by atoms with Crippen molar-refractivity contribution in [2.75, 3.05) is 26.8 Å². The Kier molecular flexibility index (Phi) is 4.36. The molecule has 0 saturated carbocycles. The van der Waals surface area contributed by atoms with Crippen LogP contribution in [-0.2, 0) is 4.79 Å². The zero-order valence-electron chi connectivity index (χ0n) is 13.3. The highest BCUT2D eigenvalue weighted by Crippen LogP contribution is 2.34. The summed E-state index contributed by atoms with van der Waals surface area (Å²) in [5.41, 5.74) is 1.84. The Hall–Kier alpha value is -1.97. The quantitative estimate of drug-likeness (QED) is 0.783. The van der Waals surface area contributed by atoms with Gasteiger partial charge in [0, 0.05) is 19.0 Å². The highest BCUT2D eigenvalue weighted by atomic mass is 16.5. The van der Waals surface area contributed by atoms with Gasteiger partial charge in [-0.1, -0.05) is 13.0 Å². The summed E-state index contributed by atoms with van der Waals surface area (Å²) in [6, 6.07) is 5.84. The van der Waals surface area contributed by atoms with Crippen LogP contribution in [0.3, 0.4) is 0 Å². The van der Waals surface area contributed by atoms with E-state index in [1.165, 1.54) is 0 Å². The molecule has 3 heterocycles. The fourth-order valence-electron chi connectivity index (χ4n) is 3.17. The molecule has 1 aromatic rings. The van der Waals surface area contributed by atoms with Gasteiger partial charge in [-0.15, -0.1) is 0 Å². The van der Waals surface area contributed by atoms with E-state index >= 15 is 0 Å². The van der Waals surface area contributed by atoms with E-state index in [4.69, 9.17) is 9.47 Å². The number of ketones is 1. The number of carbonyl (C=O) groups excluding carboxylic acids is 1. The lowest BCUT2D eigenvalue weighted by molar-refractivity contribution is -0.125. The monoisotopic (exact) mass is 301 g/mol. The second-order valence-corrected chi connectivity index (χ2v) is 5.91. The summed E-state index contributed by atoms with van der Waals surface area (Å²) < 4.78 is 11.1. The molecule has 4 rings (SSSR count). The fourth-order valence-corrected chi connectivity index (χ4v) is 3.17. The van der Waals surface area contributed by atoms with Gasteiger partial charge in [-0.2, -0.15) is 0 Å². The van der Waals surface area contributed by atoms with Crippen molar-refractivity contribution in [2.24, 2.45) is 5.92 Å². The van der Waals surface area contributed by atoms with E-state index in [1.807, 2.05) is 24.3 Å². The number of ether oxygens (including phenoxy) is 2. The molecule has 2 bridgehead atoms. The number of carbonyl (C=O) groups is 1. The third-order valence-electron chi connectivity index (χ3n) is 4.41. The van der Waals surface area contributed by atoms with Gasteiger partial charge >= 0.3 is 0 Å². The summed E-state index contributed by atoms with van der Waals surface area (Å²) >= 11 is 0. The maximum absolute atomic E-state index is 12.4. The number of Topliss-reactive ketones (excluding diaryl/α,β-unsaturated/α-hetero) is 1. The number of hydrogen-bond donors (Lipinski definition) is 0. The molecular weight excluding hydrogens is 278 g/mol. The van der Waals surface area contributed by atoms with Gasteiger partial charge in [0.15, 0.2) is 17.3 Å². The molecule has 0 aromatic heterocycles. The Morgan fingerprint density at radius 2 is 2.05 bits per heavy atom. The van der Waals surface area contributed by atoms with Crippen molar-refractivity contribution in [3.8, 4) is 11.5 Å². The molecule has 3 aliphatic rings. The molecule has 22 heavy (non-hydrogen) atoms. The van der Waals surface area contributed by atoms with Crippen molar-refractivity contribution < 1.29 is 14.3 Å². The van der Waals surface area contributed by atoms with Gasteiger partial charge in [-0.25, -0.2) is 0 Å². The summed E-state index contributed by atoms with van der Waals surface area (Å²) in [5, 5.41) is 0. The molecule has 118 valence electrons. The summed E-state index contributed by atoms with van der Waals surface area (Å²) in [6.07, 6.45) is 4.95. The number of benzene rings is 1. The normalized spacial score (nSPS) is 19.8. The van der Waals surface area contributed by atoms with E-state index in [-0.39, 0.29) is 5.92 Å². The summed E-state index contributed by atoms with van der Waals surface area (Å²) in [4.78, 5) is 14.6. The average Bonchev–Trinajstić information content (AvgIpc) is 2.57. The largest absolute Gasteiger partial charge is 0.493 e. The van der Waals surface area contributed by atoms with Crippen LogP contribution >= 0.6 is 0 Å². The summed E-state index contributed by atoms with van der Waals surface area (Å²) in [7, 11) is 1.64. The SMILES string of the molecule is CCCOc1ccc(/C=C2/C(=O)C3CCN2CC3)cc1OC. The number of hydrogen-bond acceptors (Lipinski definition) is 4. The van der Waals surface area contributed by atoms with Gasteiger partial charge in [0.1, 0.15) is 0 Å². The third-order valence-corrected chi connectivity index (χ3v) is 4.41. The van der Waals surface area contributed by atoms with E-state index in [1.54, 1.807) is 7.11 Å². The van der Waals surface area contributed by atoms with Gasteiger partial charge in [0.25, 0.3) is 0 Å². The minimum absolute atomic E-state index is 0.227. The molecule has 4 heteroatoms. The van der Waals surface area contributed by atoms with Crippen LogP contribution < -0.4 is 9.47 Å². The van der Waals surface area contributed by atoms with E-state index in [2.05, 4.69) is 11.8 Å². The summed E-state index contributed by atoms with van der Waals surface area (Å²) in [5.74, 6) is 1.99. The number of allylic oxidation sites excluding steroid dienone is 1. The molecule has 4 nitrogen and oxygen atoms in total. The van der Waals surface area contributed by atoms with Gasteiger partial charge in [-0.05, 0) is 43.0 Å². The van der Waals surface area contributed by atoms with Crippen LogP contribution in [0.2, 0.25) is 0 Å². The lowest BCUT2D eigenvalue weighted by atomic mass is 9.84. The van der Waals surface area contributed by atoms with Crippen molar-refractivity contribution in [3.05, 3.63) is 29.5 Å². The van der Waals surface area contributed by atoms with Gasteiger partial charge in [-0.3, -0.25) is 4.79 Å². The topological polar surface area (TPSA) is 38.8 Å².